The van der Waals surface area contributed by atoms with Crippen molar-refractivity contribution in [1.29, 1.82) is 0 Å². The zero-order valence-electron chi connectivity index (χ0n) is 12.9. The van der Waals surface area contributed by atoms with Crippen molar-refractivity contribution in [2.45, 2.75) is 45.1 Å². The van der Waals surface area contributed by atoms with Crippen LogP contribution in [0.2, 0.25) is 0 Å². The van der Waals surface area contributed by atoms with Crippen LogP contribution in [-0.2, 0) is 9.59 Å². The predicted octanol–water partition coefficient (Wildman–Crippen LogP) is 2.91. The molecule has 1 fully saturated rings. The molecule has 22 heavy (non-hydrogen) atoms. The smallest absolute Gasteiger partial charge is 0.341 e. The predicted molar refractivity (Wildman–Crippen MR) is 82.7 cm³/mol. The van der Waals surface area contributed by atoms with Gasteiger partial charge < -0.3 is 15.2 Å². The third kappa shape index (κ3) is 5.06. The van der Waals surface area contributed by atoms with Gasteiger partial charge in [-0.25, -0.2) is 4.79 Å². The fourth-order valence-electron chi connectivity index (χ4n) is 2.86. The third-order valence-electron chi connectivity index (χ3n) is 4.07. The minimum absolute atomic E-state index is 0.0672. The van der Waals surface area contributed by atoms with Gasteiger partial charge in [-0.15, -0.1) is 0 Å². The normalized spacial score (nSPS) is 16.2. The number of carboxylic acids is 1. The first kappa shape index (κ1) is 16.3. The number of hydrogen-bond donors (Lipinski definition) is 2. The summed E-state index contributed by atoms with van der Waals surface area (Å²) in [4.78, 5) is 22.5. The molecule has 1 aromatic carbocycles. The lowest BCUT2D eigenvalue weighted by molar-refractivity contribution is -0.139. The number of ether oxygens (including phenoxy) is 1. The molecule has 0 radical (unpaired) electrons. The molecule has 0 bridgehead atoms. The summed E-state index contributed by atoms with van der Waals surface area (Å²) in [6, 6.07) is 7.06. The molecule has 1 unspecified atom stereocenters. The SMILES string of the molecule is CC(NC(=O)CC1CCCC1)c1ccc(OCC(=O)O)cc1. The number of amides is 1. The van der Waals surface area contributed by atoms with Crippen LogP contribution in [0.25, 0.3) is 0 Å². The highest BCUT2D eigenvalue weighted by Crippen LogP contribution is 2.27. The van der Waals surface area contributed by atoms with Gasteiger partial charge in [0.15, 0.2) is 6.61 Å². The number of nitrogens with one attached hydrogen (secondary N) is 1. The Kier molecular flexibility index (Phi) is 5.81. The molecule has 0 spiro atoms. The van der Waals surface area contributed by atoms with Gasteiger partial charge in [0, 0.05) is 6.42 Å². The third-order valence-corrected chi connectivity index (χ3v) is 4.07. The number of benzene rings is 1. The Morgan fingerprint density at radius 2 is 1.91 bits per heavy atom. The van der Waals surface area contributed by atoms with Gasteiger partial charge >= 0.3 is 5.97 Å². The Balaban J connectivity index is 1.82. The van der Waals surface area contributed by atoms with Crippen molar-refractivity contribution in [2.24, 2.45) is 5.92 Å². The summed E-state index contributed by atoms with van der Waals surface area (Å²) in [6.45, 7) is 1.59. The van der Waals surface area contributed by atoms with Crippen molar-refractivity contribution < 1.29 is 19.4 Å². The summed E-state index contributed by atoms with van der Waals surface area (Å²) < 4.78 is 5.09. The first-order valence-electron chi connectivity index (χ1n) is 7.78. The Morgan fingerprint density at radius 3 is 2.50 bits per heavy atom. The van der Waals surface area contributed by atoms with Crippen LogP contribution >= 0.6 is 0 Å². The lowest BCUT2D eigenvalue weighted by atomic mass is 10.0. The van der Waals surface area contributed by atoms with Crippen LogP contribution in [0.5, 0.6) is 5.75 Å². The molecule has 1 aliphatic rings. The highest BCUT2D eigenvalue weighted by molar-refractivity contribution is 5.76. The monoisotopic (exact) mass is 305 g/mol. The maximum Gasteiger partial charge on any atom is 0.341 e. The Hall–Kier alpha value is -2.04. The van der Waals surface area contributed by atoms with E-state index in [2.05, 4.69) is 5.32 Å². The maximum atomic E-state index is 12.0. The summed E-state index contributed by atoms with van der Waals surface area (Å²) in [6.07, 6.45) is 5.43. The van der Waals surface area contributed by atoms with Gasteiger partial charge in [0.1, 0.15) is 5.75 Å². The Morgan fingerprint density at radius 1 is 1.27 bits per heavy atom. The van der Waals surface area contributed by atoms with Crippen molar-refractivity contribution in [3.05, 3.63) is 29.8 Å². The van der Waals surface area contributed by atoms with Crippen LogP contribution in [0.1, 0.15) is 50.6 Å². The van der Waals surface area contributed by atoms with E-state index < -0.39 is 5.97 Å². The summed E-state index contributed by atoms with van der Waals surface area (Å²) in [5, 5.41) is 11.6. The second-order valence-corrected chi connectivity index (χ2v) is 5.90. The number of rotatable bonds is 7. The molecule has 0 heterocycles. The molecule has 0 saturated heterocycles. The van der Waals surface area contributed by atoms with Crippen molar-refractivity contribution in [2.75, 3.05) is 6.61 Å². The van der Waals surface area contributed by atoms with Crippen LogP contribution in [0.3, 0.4) is 0 Å². The summed E-state index contributed by atoms with van der Waals surface area (Å²) >= 11 is 0. The van der Waals surface area contributed by atoms with Gasteiger partial charge in [-0.3, -0.25) is 4.79 Å². The highest BCUT2D eigenvalue weighted by atomic mass is 16.5. The van der Waals surface area contributed by atoms with Gasteiger partial charge in [-0.1, -0.05) is 25.0 Å². The number of carbonyl (C=O) groups is 2. The minimum Gasteiger partial charge on any atom is -0.482 e. The molecule has 1 amide bonds. The average Bonchev–Trinajstić information content (AvgIpc) is 2.98. The van der Waals surface area contributed by atoms with Crippen LogP contribution in [0, 0.1) is 5.92 Å². The largest absolute Gasteiger partial charge is 0.482 e. The zero-order chi connectivity index (χ0) is 15.9. The standard InChI is InChI=1S/C17H23NO4/c1-12(18-16(19)10-13-4-2-3-5-13)14-6-8-15(9-7-14)22-11-17(20)21/h6-9,12-13H,2-5,10-11H2,1H3,(H,18,19)(H,20,21). The van der Waals surface area contributed by atoms with E-state index in [-0.39, 0.29) is 18.6 Å². The number of aliphatic carboxylic acids is 1. The molecule has 0 aromatic heterocycles. The van der Waals surface area contributed by atoms with Gasteiger partial charge in [-0.2, -0.15) is 0 Å². The topological polar surface area (TPSA) is 75.6 Å². The molecule has 1 aliphatic carbocycles. The molecule has 2 rings (SSSR count). The molecule has 1 saturated carbocycles. The first-order valence-corrected chi connectivity index (χ1v) is 7.78. The van der Waals surface area contributed by atoms with E-state index >= 15 is 0 Å². The van der Waals surface area contributed by atoms with E-state index in [1.807, 2.05) is 19.1 Å². The molecule has 1 atom stereocenters. The first-order chi connectivity index (χ1) is 10.5. The van der Waals surface area contributed by atoms with E-state index in [1.165, 1.54) is 12.8 Å². The van der Waals surface area contributed by atoms with E-state index in [0.29, 0.717) is 18.1 Å². The average molecular weight is 305 g/mol. The molecule has 5 heteroatoms. The van der Waals surface area contributed by atoms with E-state index in [0.717, 1.165) is 18.4 Å². The quantitative estimate of drug-likeness (QED) is 0.812. The van der Waals surface area contributed by atoms with Crippen molar-refractivity contribution >= 4 is 11.9 Å². The van der Waals surface area contributed by atoms with Gasteiger partial charge in [-0.05, 0) is 43.4 Å². The van der Waals surface area contributed by atoms with E-state index in [1.54, 1.807) is 12.1 Å². The molecule has 5 nitrogen and oxygen atoms in total. The molecular formula is C17H23NO4. The lowest BCUT2D eigenvalue weighted by Crippen LogP contribution is -2.27. The lowest BCUT2D eigenvalue weighted by Gasteiger charge is -2.16. The molecule has 1 aromatic rings. The minimum atomic E-state index is -1.00. The fraction of sp³-hybridized carbons (Fsp3) is 0.529. The van der Waals surface area contributed by atoms with Gasteiger partial charge in [0.2, 0.25) is 5.91 Å². The van der Waals surface area contributed by atoms with Gasteiger partial charge in [0.05, 0.1) is 6.04 Å². The fourth-order valence-corrected chi connectivity index (χ4v) is 2.86. The Labute approximate surface area is 130 Å². The van der Waals surface area contributed by atoms with Crippen LogP contribution in [-0.4, -0.2) is 23.6 Å². The van der Waals surface area contributed by atoms with Gasteiger partial charge in [0.25, 0.3) is 0 Å². The Bertz CT molecular complexity index is 506. The number of carboxylic acid groups (broad SMARTS) is 1. The van der Waals surface area contributed by atoms with Crippen LogP contribution < -0.4 is 10.1 Å². The van der Waals surface area contributed by atoms with Crippen molar-refractivity contribution in [3.63, 3.8) is 0 Å². The molecule has 0 aliphatic heterocycles. The van der Waals surface area contributed by atoms with Crippen LogP contribution in [0.15, 0.2) is 24.3 Å². The highest BCUT2D eigenvalue weighted by Gasteiger charge is 2.19. The van der Waals surface area contributed by atoms with E-state index in [4.69, 9.17) is 9.84 Å². The van der Waals surface area contributed by atoms with Crippen LogP contribution in [0.4, 0.5) is 0 Å². The summed E-state index contributed by atoms with van der Waals surface area (Å²) in [5.74, 6) is 0.150. The van der Waals surface area contributed by atoms with E-state index in [9.17, 15) is 9.59 Å². The summed E-state index contributed by atoms with van der Waals surface area (Å²) in [7, 11) is 0. The maximum absolute atomic E-state index is 12.0. The van der Waals surface area contributed by atoms with Crippen molar-refractivity contribution in [3.8, 4) is 5.75 Å². The molecule has 120 valence electrons. The van der Waals surface area contributed by atoms with Crippen molar-refractivity contribution in [1.82, 2.24) is 5.32 Å². The summed E-state index contributed by atoms with van der Waals surface area (Å²) in [5.41, 5.74) is 0.974. The second-order valence-electron chi connectivity index (χ2n) is 5.90. The number of hydrogen-bond acceptors (Lipinski definition) is 3. The number of carbonyl (C=O) groups excluding carboxylic acids is 1. The second kappa shape index (κ2) is 7.82. The molecular weight excluding hydrogens is 282 g/mol. The molecule has 2 N–H and O–H groups in total. The zero-order valence-corrected chi connectivity index (χ0v) is 12.9.